The molecule has 0 radical (unpaired) electrons. The van der Waals surface area contributed by atoms with E-state index in [-0.39, 0.29) is 6.03 Å². The molecule has 1 aliphatic heterocycles. The maximum absolute atomic E-state index is 12.3. The van der Waals surface area contributed by atoms with Gasteiger partial charge in [0.2, 0.25) is 0 Å². The Kier molecular flexibility index (Phi) is 3.89. The van der Waals surface area contributed by atoms with Crippen LogP contribution in [0, 0.1) is 0 Å². The van der Waals surface area contributed by atoms with Gasteiger partial charge in [0, 0.05) is 16.8 Å². The second-order valence-corrected chi connectivity index (χ2v) is 6.34. The number of urea groups is 1. The minimum Gasteiger partial charge on any atom is -0.479 e. The molecule has 0 bridgehead atoms. The van der Waals surface area contributed by atoms with Gasteiger partial charge in [0.25, 0.3) is 0 Å². The van der Waals surface area contributed by atoms with E-state index >= 15 is 0 Å². The van der Waals surface area contributed by atoms with E-state index in [4.69, 9.17) is 0 Å². The summed E-state index contributed by atoms with van der Waals surface area (Å²) in [5.74, 6) is -1.00. The maximum atomic E-state index is 12.3. The zero-order valence-electron chi connectivity index (χ0n) is 11.0. The van der Waals surface area contributed by atoms with Crippen molar-refractivity contribution in [3.05, 3.63) is 38.5 Å². The number of rotatable bonds is 3. The monoisotopic (exact) mass is 323 g/mol. The predicted molar refractivity (Wildman–Crippen MR) is 79.5 cm³/mol. The first-order valence-electron chi connectivity index (χ1n) is 6.37. The molecule has 2 aromatic heterocycles. The van der Waals surface area contributed by atoms with E-state index in [9.17, 15) is 14.7 Å². The first kappa shape index (κ1) is 14.0. The third-order valence-electron chi connectivity index (χ3n) is 3.36. The van der Waals surface area contributed by atoms with Crippen molar-refractivity contribution in [1.82, 2.24) is 15.2 Å². The summed E-state index contributed by atoms with van der Waals surface area (Å²) in [4.78, 5) is 30.3. The fourth-order valence-corrected chi connectivity index (χ4v) is 3.86. The van der Waals surface area contributed by atoms with Crippen molar-refractivity contribution in [2.24, 2.45) is 0 Å². The summed E-state index contributed by atoms with van der Waals surface area (Å²) in [7, 11) is 0. The van der Waals surface area contributed by atoms with Gasteiger partial charge in [0.05, 0.1) is 17.7 Å². The molecule has 8 heteroatoms. The smallest absolute Gasteiger partial charge is 0.331 e. The summed E-state index contributed by atoms with van der Waals surface area (Å²) in [5.41, 5.74) is 3.19. The summed E-state index contributed by atoms with van der Waals surface area (Å²) in [6.07, 6.45) is 0.695. The number of carboxylic acids is 1. The highest BCUT2D eigenvalue weighted by atomic mass is 32.1. The second kappa shape index (κ2) is 5.82. The van der Waals surface area contributed by atoms with Crippen LogP contribution in [0.4, 0.5) is 4.79 Å². The molecule has 2 N–H and O–H groups in total. The summed E-state index contributed by atoms with van der Waals surface area (Å²) >= 11 is 3.00. The third kappa shape index (κ3) is 2.77. The number of aliphatic carboxylic acids is 1. The minimum atomic E-state index is -1.00. The second-order valence-electron chi connectivity index (χ2n) is 4.62. The van der Waals surface area contributed by atoms with E-state index in [1.807, 2.05) is 10.8 Å². The standard InChI is InChI=1S/C13H13N3O3S2/c17-12(18)11-9-2-4-21-10(9)1-3-16(11)13(19)14-5-8-6-20-7-15-8/h2,4,6-7,11H,1,3,5H2,(H,14,19)(H,17,18). The molecule has 1 atom stereocenters. The van der Waals surface area contributed by atoms with Crippen LogP contribution in [0.15, 0.2) is 22.3 Å². The van der Waals surface area contributed by atoms with Gasteiger partial charge in [0.1, 0.15) is 0 Å². The van der Waals surface area contributed by atoms with Crippen molar-refractivity contribution in [2.75, 3.05) is 6.54 Å². The molecular formula is C13H13N3O3S2. The Bertz CT molecular complexity index is 653. The van der Waals surface area contributed by atoms with Gasteiger partial charge in [-0.15, -0.1) is 22.7 Å². The molecule has 2 aromatic rings. The Morgan fingerprint density at radius 1 is 1.52 bits per heavy atom. The first-order valence-corrected chi connectivity index (χ1v) is 8.19. The van der Waals surface area contributed by atoms with E-state index in [2.05, 4.69) is 10.3 Å². The lowest BCUT2D eigenvalue weighted by atomic mass is 10.0. The molecule has 0 aromatic carbocycles. The highest BCUT2D eigenvalue weighted by molar-refractivity contribution is 7.10. The van der Waals surface area contributed by atoms with E-state index < -0.39 is 12.0 Å². The van der Waals surface area contributed by atoms with Crippen LogP contribution < -0.4 is 5.32 Å². The van der Waals surface area contributed by atoms with Crippen LogP contribution in [0.5, 0.6) is 0 Å². The fraction of sp³-hybridized carbons (Fsp3) is 0.308. The minimum absolute atomic E-state index is 0.307. The number of hydrogen-bond donors (Lipinski definition) is 2. The molecule has 1 aliphatic rings. The van der Waals surface area contributed by atoms with Gasteiger partial charge in [-0.1, -0.05) is 0 Å². The number of hydrogen-bond acceptors (Lipinski definition) is 5. The number of nitrogens with zero attached hydrogens (tertiary/aromatic N) is 2. The summed E-state index contributed by atoms with van der Waals surface area (Å²) in [6, 6.07) is 0.515. The fourth-order valence-electron chi connectivity index (χ4n) is 2.39. The normalized spacial score (nSPS) is 17.3. The van der Waals surface area contributed by atoms with Gasteiger partial charge < -0.3 is 15.3 Å². The topological polar surface area (TPSA) is 82.5 Å². The molecule has 0 aliphatic carbocycles. The van der Waals surface area contributed by atoms with Crippen LogP contribution in [-0.2, 0) is 17.8 Å². The number of aromatic nitrogens is 1. The molecule has 0 fully saturated rings. The number of thiazole rings is 1. The summed E-state index contributed by atoms with van der Waals surface area (Å²) < 4.78 is 0. The molecule has 6 nitrogen and oxygen atoms in total. The number of carbonyl (C=O) groups excluding carboxylic acids is 1. The molecule has 0 saturated carbocycles. The van der Waals surface area contributed by atoms with Crippen LogP contribution in [0.1, 0.15) is 22.2 Å². The van der Waals surface area contributed by atoms with Gasteiger partial charge in [-0.3, -0.25) is 0 Å². The highest BCUT2D eigenvalue weighted by Gasteiger charge is 2.36. The van der Waals surface area contributed by atoms with Gasteiger partial charge >= 0.3 is 12.0 Å². The zero-order valence-corrected chi connectivity index (χ0v) is 12.6. The Morgan fingerprint density at radius 3 is 3.10 bits per heavy atom. The molecule has 110 valence electrons. The van der Waals surface area contributed by atoms with Crippen LogP contribution >= 0.6 is 22.7 Å². The first-order chi connectivity index (χ1) is 10.2. The van der Waals surface area contributed by atoms with Crippen molar-refractivity contribution in [1.29, 1.82) is 0 Å². The molecule has 3 rings (SSSR count). The molecule has 1 unspecified atom stereocenters. The Balaban J connectivity index is 1.74. The van der Waals surface area contributed by atoms with Crippen molar-refractivity contribution in [3.63, 3.8) is 0 Å². The van der Waals surface area contributed by atoms with Crippen LogP contribution in [-0.4, -0.2) is 33.5 Å². The van der Waals surface area contributed by atoms with E-state index in [0.29, 0.717) is 19.5 Å². The van der Waals surface area contributed by atoms with Gasteiger partial charge in [0.15, 0.2) is 6.04 Å². The van der Waals surface area contributed by atoms with E-state index in [1.54, 1.807) is 22.9 Å². The van der Waals surface area contributed by atoms with Crippen molar-refractivity contribution in [3.8, 4) is 0 Å². The van der Waals surface area contributed by atoms with Gasteiger partial charge in [-0.2, -0.15) is 0 Å². The van der Waals surface area contributed by atoms with E-state index in [1.165, 1.54) is 16.2 Å². The number of fused-ring (bicyclic) bond motifs is 1. The zero-order chi connectivity index (χ0) is 14.8. The number of amides is 2. The lowest BCUT2D eigenvalue weighted by Crippen LogP contribution is -2.47. The Hall–Kier alpha value is -1.93. The Labute approximate surface area is 129 Å². The number of thiophene rings is 1. The number of nitrogens with one attached hydrogen (secondary N) is 1. The van der Waals surface area contributed by atoms with Gasteiger partial charge in [-0.05, 0) is 23.4 Å². The van der Waals surface area contributed by atoms with Crippen molar-refractivity contribution >= 4 is 34.7 Å². The molecule has 0 saturated heterocycles. The Morgan fingerprint density at radius 2 is 2.38 bits per heavy atom. The lowest BCUT2D eigenvalue weighted by molar-refractivity contribution is -0.142. The maximum Gasteiger partial charge on any atom is 0.331 e. The number of carbonyl (C=O) groups is 2. The summed E-state index contributed by atoms with van der Waals surface area (Å²) in [5, 5.41) is 15.9. The average Bonchev–Trinajstić information content (AvgIpc) is 3.14. The van der Waals surface area contributed by atoms with Crippen LogP contribution in [0.25, 0.3) is 0 Å². The molecule has 0 spiro atoms. The molecule has 3 heterocycles. The van der Waals surface area contributed by atoms with Crippen molar-refractivity contribution in [2.45, 2.75) is 19.0 Å². The SMILES string of the molecule is O=C(O)C1c2ccsc2CCN1C(=O)NCc1cscn1. The van der Waals surface area contributed by atoms with E-state index in [0.717, 1.165) is 16.1 Å². The van der Waals surface area contributed by atoms with Crippen LogP contribution in [0.3, 0.4) is 0 Å². The number of carboxylic acid groups (broad SMARTS) is 1. The molecular weight excluding hydrogens is 310 g/mol. The molecule has 2 amide bonds. The quantitative estimate of drug-likeness (QED) is 0.906. The highest BCUT2D eigenvalue weighted by Crippen LogP contribution is 2.33. The molecule has 21 heavy (non-hydrogen) atoms. The summed E-state index contributed by atoms with van der Waals surface area (Å²) in [6.45, 7) is 0.717. The lowest BCUT2D eigenvalue weighted by Gasteiger charge is -2.33. The average molecular weight is 323 g/mol. The van der Waals surface area contributed by atoms with Crippen LogP contribution in [0.2, 0.25) is 0 Å². The largest absolute Gasteiger partial charge is 0.479 e. The third-order valence-corrected chi connectivity index (χ3v) is 5.00. The predicted octanol–water partition coefficient (Wildman–Crippen LogP) is 2.10. The van der Waals surface area contributed by atoms with Crippen molar-refractivity contribution < 1.29 is 14.7 Å². The van der Waals surface area contributed by atoms with Gasteiger partial charge in [-0.25, -0.2) is 14.6 Å².